The fraction of sp³-hybridized carbons (Fsp3) is 0.342. The minimum Gasteiger partial charge on any atom is -0.346 e. The van der Waals surface area contributed by atoms with Crippen LogP contribution in [-0.2, 0) is 34.9 Å². The van der Waals surface area contributed by atoms with Crippen LogP contribution in [0.5, 0.6) is 0 Å². The van der Waals surface area contributed by atoms with Crippen LogP contribution in [0.25, 0.3) is 0 Å². The number of hydrogen-bond donors (Lipinski definition) is 1. The molecule has 0 saturated carbocycles. The number of ether oxygens (including phenoxy) is 4. The van der Waals surface area contributed by atoms with Gasteiger partial charge in [-0.3, -0.25) is 4.79 Å². The highest BCUT2D eigenvalue weighted by atomic mass is 31.1. The van der Waals surface area contributed by atoms with Crippen molar-refractivity contribution in [3.05, 3.63) is 130 Å². The van der Waals surface area contributed by atoms with Crippen molar-refractivity contribution in [3.63, 3.8) is 0 Å². The van der Waals surface area contributed by atoms with Crippen LogP contribution < -0.4 is 15.9 Å². The first-order valence-corrected chi connectivity index (χ1v) is 17.0. The van der Waals surface area contributed by atoms with Gasteiger partial charge in [0.15, 0.2) is 12.6 Å². The summed E-state index contributed by atoms with van der Waals surface area (Å²) in [4.78, 5) is 12.8. The molecule has 4 aromatic carbocycles. The highest BCUT2D eigenvalue weighted by Gasteiger charge is 2.52. The van der Waals surface area contributed by atoms with E-state index >= 15 is 0 Å². The summed E-state index contributed by atoms with van der Waals surface area (Å²) < 4.78 is 33.2. The van der Waals surface area contributed by atoms with Crippen molar-refractivity contribution in [1.29, 1.82) is 0 Å². The van der Waals surface area contributed by atoms with E-state index in [0.29, 0.717) is 6.61 Å². The Morgan fingerprint density at radius 3 is 1.93 bits per heavy atom. The fourth-order valence-electron chi connectivity index (χ4n) is 6.29. The molecule has 1 unspecified atom stereocenters. The second-order valence-corrected chi connectivity index (χ2v) is 14.1. The molecule has 0 aliphatic carbocycles. The number of carbonyl (C=O) groups is 1. The van der Waals surface area contributed by atoms with Crippen LogP contribution in [0.3, 0.4) is 0 Å². The van der Waals surface area contributed by atoms with Gasteiger partial charge in [-0.25, -0.2) is 0 Å². The summed E-state index contributed by atoms with van der Waals surface area (Å²) >= 11 is 0. The van der Waals surface area contributed by atoms with Gasteiger partial charge in [0.25, 0.3) is 0 Å². The molecule has 0 bridgehead atoms. The van der Waals surface area contributed by atoms with E-state index in [1.165, 1.54) is 6.92 Å². The number of carbonyl (C=O) groups excluding carboxylic acids is 1. The van der Waals surface area contributed by atoms with E-state index in [1.54, 1.807) is 0 Å². The largest absolute Gasteiger partial charge is 0.346 e. The monoisotopic (exact) mass is 639 g/mol. The van der Waals surface area contributed by atoms with Crippen LogP contribution in [0.4, 0.5) is 0 Å². The van der Waals surface area contributed by atoms with Crippen molar-refractivity contribution < 1.29 is 28.3 Å². The van der Waals surface area contributed by atoms with E-state index in [9.17, 15) is 4.79 Å². The summed E-state index contributed by atoms with van der Waals surface area (Å²) in [5.74, 6) is -0.206. The molecule has 1 N–H and O–H groups in total. The highest BCUT2D eigenvalue weighted by Crippen LogP contribution is 2.44. The predicted octanol–water partition coefficient (Wildman–Crippen LogP) is 6.21. The maximum absolute atomic E-state index is 12.8. The van der Waals surface area contributed by atoms with Gasteiger partial charge in [-0.2, -0.15) is 0 Å². The van der Waals surface area contributed by atoms with Crippen molar-refractivity contribution in [2.45, 2.75) is 78.2 Å². The molecule has 0 radical (unpaired) electrons. The van der Waals surface area contributed by atoms with Crippen LogP contribution in [-0.4, -0.2) is 43.2 Å². The predicted molar refractivity (Wildman–Crippen MR) is 180 cm³/mol. The Labute approximate surface area is 273 Å². The van der Waals surface area contributed by atoms with Crippen LogP contribution in [0, 0.1) is 27.7 Å². The second-order valence-electron chi connectivity index (χ2n) is 12.3. The van der Waals surface area contributed by atoms with Gasteiger partial charge in [-0.15, -0.1) is 0 Å². The molecule has 8 heteroatoms. The van der Waals surface area contributed by atoms with E-state index < -0.39 is 45.1 Å². The lowest BCUT2D eigenvalue weighted by atomic mass is 9.95. The molecule has 2 aliphatic rings. The molecule has 1 amide bonds. The quantitative estimate of drug-likeness (QED) is 0.220. The molecule has 240 valence electrons. The van der Waals surface area contributed by atoms with Crippen LogP contribution >= 0.6 is 8.15 Å². The molecule has 2 fully saturated rings. The minimum absolute atomic E-state index is 0.206. The van der Waals surface area contributed by atoms with Crippen LogP contribution in [0.1, 0.15) is 46.6 Å². The van der Waals surface area contributed by atoms with Gasteiger partial charge in [-0.1, -0.05) is 95.1 Å². The average Bonchev–Trinajstić information content (AvgIpc) is 3.03. The summed E-state index contributed by atoms with van der Waals surface area (Å²) in [5.41, 5.74) is 6.55. The molecular formula is C38H42NO6P. The van der Waals surface area contributed by atoms with E-state index in [4.69, 9.17) is 23.5 Å². The third-order valence-electron chi connectivity index (χ3n) is 8.15. The van der Waals surface area contributed by atoms with E-state index in [1.807, 2.05) is 60.7 Å². The first-order valence-electron chi connectivity index (χ1n) is 15.8. The van der Waals surface area contributed by atoms with Gasteiger partial charge in [-0.05, 0) is 57.5 Å². The molecule has 6 rings (SSSR count). The normalized spacial score (nSPS) is 24.4. The van der Waals surface area contributed by atoms with E-state index in [0.717, 1.165) is 44.0 Å². The Hall–Kier alpha value is -3.42. The lowest BCUT2D eigenvalue weighted by Crippen LogP contribution is -2.67. The minimum atomic E-state index is -1.35. The first-order chi connectivity index (χ1) is 22.2. The van der Waals surface area contributed by atoms with Crippen LogP contribution in [0.2, 0.25) is 0 Å². The molecule has 0 aromatic heterocycles. The summed E-state index contributed by atoms with van der Waals surface area (Å²) in [6, 6.07) is 32.3. The Morgan fingerprint density at radius 1 is 0.804 bits per heavy atom. The Morgan fingerprint density at radius 2 is 1.37 bits per heavy atom. The van der Waals surface area contributed by atoms with Crippen molar-refractivity contribution in [2.24, 2.45) is 0 Å². The molecule has 6 atom stereocenters. The zero-order valence-electron chi connectivity index (χ0n) is 27.0. The third kappa shape index (κ3) is 7.75. The van der Waals surface area contributed by atoms with Gasteiger partial charge in [0.05, 0.1) is 21.4 Å². The molecule has 0 spiro atoms. The van der Waals surface area contributed by atoms with E-state index in [-0.39, 0.29) is 12.5 Å². The lowest BCUT2D eigenvalue weighted by Gasteiger charge is -2.50. The van der Waals surface area contributed by atoms with E-state index in [2.05, 4.69) is 69.4 Å². The lowest BCUT2D eigenvalue weighted by molar-refractivity contribution is -0.342. The Balaban J connectivity index is 1.42. The second kappa shape index (κ2) is 14.6. The molecule has 2 saturated heterocycles. The molecule has 2 aliphatic heterocycles. The van der Waals surface area contributed by atoms with Crippen molar-refractivity contribution in [1.82, 2.24) is 5.32 Å². The average molecular weight is 640 g/mol. The fourth-order valence-corrected chi connectivity index (χ4v) is 8.61. The van der Waals surface area contributed by atoms with Crippen molar-refractivity contribution >= 4 is 24.7 Å². The van der Waals surface area contributed by atoms with Gasteiger partial charge in [0.1, 0.15) is 24.4 Å². The maximum atomic E-state index is 12.8. The standard InChI is InChI=1S/C38H42NO6P/c1-24-16-25(2)19-31(18-24)46(32-20-26(3)17-27(4)21-32)45-36-34(39-28(5)40)38(41-22-29-12-8-6-9-13-29)43-33-23-42-37(44-35(33)36)30-14-10-7-11-15-30/h6-21,33-38H,22-23H2,1-5H3,(H,39,40)/t33-,34-,35-,36-,37?,38+/m1/s1. The number of aryl methyl sites for hydroxylation is 4. The molecule has 7 nitrogen and oxygen atoms in total. The van der Waals surface area contributed by atoms with Gasteiger partial charge in [0.2, 0.25) is 5.91 Å². The topological polar surface area (TPSA) is 75.3 Å². The number of fused-ring (bicyclic) bond motifs is 1. The number of rotatable bonds is 9. The summed E-state index contributed by atoms with van der Waals surface area (Å²) in [6.45, 7) is 10.5. The number of nitrogens with one attached hydrogen (secondary N) is 1. The number of hydrogen-bond acceptors (Lipinski definition) is 6. The number of benzene rings is 4. The maximum Gasteiger partial charge on any atom is 0.217 e. The zero-order valence-corrected chi connectivity index (χ0v) is 27.9. The van der Waals surface area contributed by atoms with Crippen molar-refractivity contribution in [2.75, 3.05) is 6.61 Å². The third-order valence-corrected chi connectivity index (χ3v) is 10.1. The summed E-state index contributed by atoms with van der Waals surface area (Å²) in [7, 11) is -1.35. The smallest absolute Gasteiger partial charge is 0.217 e. The highest BCUT2D eigenvalue weighted by molar-refractivity contribution is 7.68. The molecule has 2 heterocycles. The molecule has 46 heavy (non-hydrogen) atoms. The molecular weight excluding hydrogens is 597 g/mol. The van der Waals surface area contributed by atoms with Crippen LogP contribution in [0.15, 0.2) is 97.1 Å². The van der Waals surface area contributed by atoms with Gasteiger partial charge in [0, 0.05) is 23.1 Å². The zero-order chi connectivity index (χ0) is 32.2. The van der Waals surface area contributed by atoms with Gasteiger partial charge >= 0.3 is 0 Å². The SMILES string of the molecule is CC(=O)N[C@H]1[C@@H](OCc2ccccc2)O[C@@H]2COC(c3ccccc3)O[C@H]2[C@@H]1OP(c1cc(C)cc(C)c1)c1cc(C)cc(C)c1. The first kappa shape index (κ1) is 32.5. The summed E-state index contributed by atoms with van der Waals surface area (Å²) in [5, 5.41) is 5.32. The Bertz CT molecular complexity index is 1540. The van der Waals surface area contributed by atoms with Gasteiger partial charge < -0.3 is 28.8 Å². The summed E-state index contributed by atoms with van der Waals surface area (Å²) in [6.07, 6.45) is -3.05. The van der Waals surface area contributed by atoms with Crippen molar-refractivity contribution in [3.8, 4) is 0 Å². The molecule has 4 aromatic rings. The Kier molecular flexibility index (Phi) is 10.3. The number of amides is 1.